The van der Waals surface area contributed by atoms with Gasteiger partial charge < -0.3 is 25.7 Å². The van der Waals surface area contributed by atoms with Crippen LogP contribution in [-0.2, 0) is 4.79 Å². The largest absolute Gasteiger partial charge is 0.573 e. The monoisotopic (exact) mass is 293 g/mol. The molecule has 0 aliphatic carbocycles. The first-order valence-corrected chi connectivity index (χ1v) is 4.96. The lowest BCUT2D eigenvalue weighted by Crippen LogP contribution is -2.31. The number of hydrazine groups is 1. The van der Waals surface area contributed by atoms with E-state index in [-0.39, 0.29) is 5.75 Å². The SMILES string of the molecule is NN/C(C(=O)O)=C(\N)Oc1ccc(OC(F)(F)F)cc1. The third-order valence-electron chi connectivity index (χ3n) is 1.89. The van der Waals surface area contributed by atoms with Crippen LogP contribution in [0.25, 0.3) is 0 Å². The van der Waals surface area contributed by atoms with E-state index in [1.807, 2.05) is 5.43 Å². The van der Waals surface area contributed by atoms with Crippen LogP contribution in [0, 0.1) is 0 Å². The maximum absolute atomic E-state index is 11.9. The fraction of sp³-hybridized carbons (Fsp3) is 0.100. The number of rotatable bonds is 5. The van der Waals surface area contributed by atoms with Gasteiger partial charge in [0.1, 0.15) is 11.5 Å². The molecule has 0 heterocycles. The normalized spacial score (nSPS) is 12.4. The average molecular weight is 293 g/mol. The van der Waals surface area contributed by atoms with Crippen LogP contribution in [0.1, 0.15) is 0 Å². The Kier molecular flexibility index (Phi) is 4.64. The molecule has 0 aromatic heterocycles. The fourth-order valence-electron chi connectivity index (χ4n) is 1.13. The summed E-state index contributed by atoms with van der Waals surface area (Å²) < 4.78 is 44.3. The Bertz CT molecular complexity index is 513. The van der Waals surface area contributed by atoms with E-state index in [1.54, 1.807) is 0 Å². The van der Waals surface area contributed by atoms with Crippen molar-refractivity contribution in [1.82, 2.24) is 5.43 Å². The second-order valence-electron chi connectivity index (χ2n) is 3.31. The second-order valence-corrected chi connectivity index (χ2v) is 3.31. The Morgan fingerprint density at radius 2 is 1.70 bits per heavy atom. The molecular formula is C10H10F3N3O4. The molecule has 1 aromatic carbocycles. The molecule has 0 saturated carbocycles. The molecule has 0 atom stereocenters. The highest BCUT2D eigenvalue weighted by molar-refractivity contribution is 5.86. The minimum absolute atomic E-state index is 0.00558. The topological polar surface area (TPSA) is 120 Å². The Hall–Kier alpha value is -2.62. The number of aliphatic carboxylic acids is 1. The van der Waals surface area contributed by atoms with Crippen LogP contribution in [0.4, 0.5) is 13.2 Å². The minimum Gasteiger partial charge on any atom is -0.476 e. The molecule has 20 heavy (non-hydrogen) atoms. The van der Waals surface area contributed by atoms with Crippen molar-refractivity contribution in [2.45, 2.75) is 6.36 Å². The quantitative estimate of drug-likeness (QED) is 0.272. The molecule has 0 fully saturated rings. The van der Waals surface area contributed by atoms with Crippen LogP contribution < -0.4 is 26.5 Å². The van der Waals surface area contributed by atoms with Gasteiger partial charge in [-0.1, -0.05) is 0 Å². The Morgan fingerprint density at radius 3 is 2.10 bits per heavy atom. The highest BCUT2D eigenvalue weighted by atomic mass is 19.4. The molecule has 1 aromatic rings. The maximum Gasteiger partial charge on any atom is 0.573 e. The molecule has 0 amide bonds. The molecule has 0 spiro atoms. The zero-order valence-corrected chi connectivity index (χ0v) is 9.77. The van der Waals surface area contributed by atoms with Gasteiger partial charge in [-0.25, -0.2) is 4.79 Å². The summed E-state index contributed by atoms with van der Waals surface area (Å²) in [4.78, 5) is 10.7. The molecule has 6 N–H and O–H groups in total. The molecule has 0 unspecified atom stereocenters. The third kappa shape index (κ3) is 4.57. The molecule has 1 rings (SSSR count). The van der Waals surface area contributed by atoms with Crippen molar-refractivity contribution in [3.05, 3.63) is 35.8 Å². The first kappa shape index (κ1) is 15.4. The number of hydrogen-bond acceptors (Lipinski definition) is 6. The molecular weight excluding hydrogens is 283 g/mol. The van der Waals surface area contributed by atoms with Gasteiger partial charge >= 0.3 is 12.3 Å². The molecule has 110 valence electrons. The fourth-order valence-corrected chi connectivity index (χ4v) is 1.13. The van der Waals surface area contributed by atoms with Crippen molar-refractivity contribution in [2.24, 2.45) is 11.6 Å². The first-order valence-electron chi connectivity index (χ1n) is 4.96. The number of nitrogens with one attached hydrogen (secondary N) is 1. The number of halogens is 3. The summed E-state index contributed by atoms with van der Waals surface area (Å²) in [5.74, 6) is 2.47. The van der Waals surface area contributed by atoms with E-state index in [0.29, 0.717) is 0 Å². The van der Waals surface area contributed by atoms with Crippen molar-refractivity contribution in [1.29, 1.82) is 0 Å². The Balaban J connectivity index is 2.82. The van der Waals surface area contributed by atoms with Gasteiger partial charge in [-0.15, -0.1) is 13.2 Å². The third-order valence-corrected chi connectivity index (χ3v) is 1.89. The number of ether oxygens (including phenoxy) is 2. The highest BCUT2D eigenvalue weighted by Crippen LogP contribution is 2.25. The van der Waals surface area contributed by atoms with Crippen molar-refractivity contribution >= 4 is 5.97 Å². The average Bonchev–Trinajstić information content (AvgIpc) is 2.30. The number of carboxylic acid groups (broad SMARTS) is 1. The van der Waals surface area contributed by atoms with Gasteiger partial charge in [0.25, 0.3) is 0 Å². The predicted octanol–water partition coefficient (Wildman–Crippen LogP) is 0.640. The smallest absolute Gasteiger partial charge is 0.476 e. The van der Waals surface area contributed by atoms with Crippen LogP contribution in [-0.4, -0.2) is 17.4 Å². The summed E-state index contributed by atoms with van der Waals surface area (Å²) >= 11 is 0. The van der Waals surface area contributed by atoms with Gasteiger partial charge in [-0.3, -0.25) is 5.84 Å². The van der Waals surface area contributed by atoms with Crippen molar-refractivity contribution in [3.63, 3.8) is 0 Å². The molecule has 0 radical (unpaired) electrons. The van der Waals surface area contributed by atoms with E-state index in [9.17, 15) is 18.0 Å². The van der Waals surface area contributed by atoms with Gasteiger partial charge in [0.2, 0.25) is 5.88 Å². The number of benzene rings is 1. The van der Waals surface area contributed by atoms with E-state index in [2.05, 4.69) is 4.74 Å². The zero-order valence-electron chi connectivity index (χ0n) is 9.77. The lowest BCUT2D eigenvalue weighted by Gasteiger charge is -2.11. The molecule has 0 aliphatic rings. The number of carbonyl (C=O) groups is 1. The van der Waals surface area contributed by atoms with Crippen LogP contribution >= 0.6 is 0 Å². The van der Waals surface area contributed by atoms with E-state index in [1.165, 1.54) is 0 Å². The molecule has 0 bridgehead atoms. The van der Waals surface area contributed by atoms with Crippen molar-refractivity contribution in [2.75, 3.05) is 0 Å². The van der Waals surface area contributed by atoms with Crippen LogP contribution in [0.5, 0.6) is 11.5 Å². The van der Waals surface area contributed by atoms with Crippen LogP contribution in [0.3, 0.4) is 0 Å². The predicted molar refractivity (Wildman–Crippen MR) is 59.9 cm³/mol. The summed E-state index contributed by atoms with van der Waals surface area (Å²) in [6.45, 7) is 0. The summed E-state index contributed by atoms with van der Waals surface area (Å²) in [6, 6.07) is 4.19. The number of carboxylic acids is 1. The van der Waals surface area contributed by atoms with E-state index in [0.717, 1.165) is 24.3 Å². The number of alkyl halides is 3. The lowest BCUT2D eigenvalue weighted by molar-refractivity contribution is -0.274. The minimum atomic E-state index is -4.80. The summed E-state index contributed by atoms with van der Waals surface area (Å²) in [5.41, 5.74) is 6.55. The number of nitrogens with two attached hydrogens (primary N) is 2. The molecule has 0 saturated heterocycles. The van der Waals surface area contributed by atoms with Crippen molar-refractivity contribution < 1.29 is 32.5 Å². The standard InChI is InChI=1S/C10H10F3N3O4/c11-10(12,13)20-6-3-1-5(2-4-6)19-8(14)7(16-15)9(17)18/h1-4,16H,14-15H2,(H,17,18)/b8-7+. The van der Waals surface area contributed by atoms with Gasteiger partial charge in [0.15, 0.2) is 5.70 Å². The van der Waals surface area contributed by atoms with Crippen LogP contribution in [0.15, 0.2) is 35.8 Å². The Morgan fingerprint density at radius 1 is 1.20 bits per heavy atom. The van der Waals surface area contributed by atoms with Crippen molar-refractivity contribution in [3.8, 4) is 11.5 Å². The Labute approximate surface area is 110 Å². The zero-order chi connectivity index (χ0) is 15.3. The molecule has 7 nitrogen and oxygen atoms in total. The summed E-state index contributed by atoms with van der Waals surface area (Å²) in [5, 5.41) is 8.69. The van der Waals surface area contributed by atoms with E-state index in [4.69, 9.17) is 21.4 Å². The van der Waals surface area contributed by atoms with Gasteiger partial charge in [-0.2, -0.15) is 0 Å². The summed E-state index contributed by atoms with van der Waals surface area (Å²) in [6.07, 6.45) is -4.80. The number of hydrogen-bond donors (Lipinski definition) is 4. The van der Waals surface area contributed by atoms with E-state index >= 15 is 0 Å². The molecule has 10 heteroatoms. The summed E-state index contributed by atoms with van der Waals surface area (Å²) in [7, 11) is 0. The lowest BCUT2D eigenvalue weighted by atomic mass is 10.3. The second kappa shape index (κ2) is 6.02. The molecule has 0 aliphatic heterocycles. The maximum atomic E-state index is 11.9. The van der Waals surface area contributed by atoms with Crippen LogP contribution in [0.2, 0.25) is 0 Å². The van der Waals surface area contributed by atoms with E-state index < -0.39 is 29.7 Å². The first-order chi connectivity index (χ1) is 9.23. The van der Waals surface area contributed by atoms with Gasteiger partial charge in [-0.05, 0) is 24.3 Å². The van der Waals surface area contributed by atoms with Gasteiger partial charge in [0.05, 0.1) is 0 Å². The highest BCUT2D eigenvalue weighted by Gasteiger charge is 2.31. The van der Waals surface area contributed by atoms with Gasteiger partial charge in [0, 0.05) is 0 Å².